The van der Waals surface area contributed by atoms with Crippen LogP contribution in [-0.4, -0.2) is 23.5 Å². The summed E-state index contributed by atoms with van der Waals surface area (Å²) in [4.78, 5) is 11.9. The van der Waals surface area contributed by atoms with Crippen molar-refractivity contribution in [2.45, 2.75) is 17.6 Å². The predicted molar refractivity (Wildman–Crippen MR) is 77.0 cm³/mol. The number of nitrogens with one attached hydrogen (secondary N) is 1. The molecule has 2 nitrogen and oxygen atoms in total. The van der Waals surface area contributed by atoms with Crippen molar-refractivity contribution in [3.05, 3.63) is 33.4 Å². The van der Waals surface area contributed by atoms with E-state index in [0.29, 0.717) is 4.75 Å². The van der Waals surface area contributed by atoms with Gasteiger partial charge in [0, 0.05) is 14.9 Å². The lowest BCUT2D eigenvalue weighted by Crippen LogP contribution is -2.32. The van der Waals surface area contributed by atoms with Crippen molar-refractivity contribution in [1.82, 2.24) is 5.32 Å². The second kappa shape index (κ2) is 4.96. The summed E-state index contributed by atoms with van der Waals surface area (Å²) in [5, 5.41) is 3.03. The van der Waals surface area contributed by atoms with Crippen molar-refractivity contribution < 1.29 is 4.79 Å². The van der Waals surface area contributed by atoms with Gasteiger partial charge in [0.05, 0.1) is 5.56 Å². The molecule has 1 aliphatic rings. The molecular formula is C12H14INOS. The first-order valence-corrected chi connectivity index (χ1v) is 7.55. The van der Waals surface area contributed by atoms with E-state index < -0.39 is 0 Å². The minimum atomic E-state index is 0.0466. The summed E-state index contributed by atoms with van der Waals surface area (Å²) in [7, 11) is 0. The maximum absolute atomic E-state index is 11.9. The highest BCUT2D eigenvalue weighted by Crippen LogP contribution is 2.46. The average molecular weight is 347 g/mol. The minimum absolute atomic E-state index is 0.0466. The summed E-state index contributed by atoms with van der Waals surface area (Å²) >= 11 is 4.06. The van der Waals surface area contributed by atoms with Crippen LogP contribution in [0.2, 0.25) is 0 Å². The molecule has 0 bridgehead atoms. The maximum atomic E-state index is 11.9. The zero-order valence-corrected chi connectivity index (χ0v) is 12.1. The lowest BCUT2D eigenvalue weighted by atomic mass is 10.2. The van der Waals surface area contributed by atoms with Crippen molar-refractivity contribution in [3.8, 4) is 0 Å². The van der Waals surface area contributed by atoms with E-state index in [4.69, 9.17) is 0 Å². The zero-order valence-electron chi connectivity index (χ0n) is 9.13. The van der Waals surface area contributed by atoms with Gasteiger partial charge in [-0.05, 0) is 53.8 Å². The highest BCUT2D eigenvalue weighted by molar-refractivity contribution is 14.1. The highest BCUT2D eigenvalue weighted by Gasteiger charge is 2.41. The minimum Gasteiger partial charge on any atom is -0.351 e. The molecule has 16 heavy (non-hydrogen) atoms. The smallest absolute Gasteiger partial charge is 0.252 e. The number of carbonyl (C=O) groups is 1. The second-order valence-electron chi connectivity index (χ2n) is 4.05. The Hall–Kier alpha value is -0.230. The number of hydrogen-bond donors (Lipinski definition) is 1. The predicted octanol–water partition coefficient (Wildman–Crippen LogP) is 2.92. The summed E-state index contributed by atoms with van der Waals surface area (Å²) in [6, 6.07) is 7.67. The van der Waals surface area contributed by atoms with E-state index in [2.05, 4.69) is 34.2 Å². The molecule has 1 aromatic carbocycles. The maximum Gasteiger partial charge on any atom is 0.252 e. The molecule has 0 aromatic heterocycles. The lowest BCUT2D eigenvalue weighted by molar-refractivity contribution is 0.0952. The summed E-state index contributed by atoms with van der Waals surface area (Å²) in [6.45, 7) is 0.790. The molecule has 4 heteroatoms. The van der Waals surface area contributed by atoms with Gasteiger partial charge in [-0.25, -0.2) is 0 Å². The molecular weight excluding hydrogens is 333 g/mol. The standard InChI is InChI=1S/C12H14INOS/c1-16-12(6-7-12)8-14-11(15)9-4-2-3-5-10(9)13/h2-5H,6-8H2,1H3,(H,14,15). The van der Waals surface area contributed by atoms with Gasteiger partial charge < -0.3 is 5.32 Å². The summed E-state index contributed by atoms with van der Waals surface area (Å²) in [5.41, 5.74) is 0.778. The third kappa shape index (κ3) is 2.71. The highest BCUT2D eigenvalue weighted by atomic mass is 127. The van der Waals surface area contributed by atoms with Gasteiger partial charge >= 0.3 is 0 Å². The molecule has 0 saturated heterocycles. The second-order valence-corrected chi connectivity index (χ2v) is 6.49. The number of halogens is 1. The van der Waals surface area contributed by atoms with E-state index in [-0.39, 0.29) is 5.91 Å². The first kappa shape index (κ1) is 12.2. The van der Waals surface area contributed by atoms with Crippen LogP contribution in [0.5, 0.6) is 0 Å². The first-order chi connectivity index (χ1) is 7.67. The van der Waals surface area contributed by atoms with Crippen LogP contribution in [0.15, 0.2) is 24.3 Å². The third-order valence-corrected chi connectivity index (χ3v) is 5.29. The van der Waals surface area contributed by atoms with Gasteiger partial charge in [-0.1, -0.05) is 12.1 Å². The van der Waals surface area contributed by atoms with Crippen LogP contribution in [-0.2, 0) is 0 Å². The van der Waals surface area contributed by atoms with Crippen LogP contribution < -0.4 is 5.32 Å². The van der Waals surface area contributed by atoms with Crippen molar-refractivity contribution in [3.63, 3.8) is 0 Å². The molecule has 1 N–H and O–H groups in total. The van der Waals surface area contributed by atoms with Gasteiger partial charge in [0.25, 0.3) is 5.91 Å². The third-order valence-electron chi connectivity index (χ3n) is 2.93. The lowest BCUT2D eigenvalue weighted by Gasteiger charge is -2.13. The molecule has 1 amide bonds. The molecule has 86 valence electrons. The molecule has 1 fully saturated rings. The first-order valence-electron chi connectivity index (χ1n) is 5.25. The molecule has 1 saturated carbocycles. The van der Waals surface area contributed by atoms with Gasteiger partial charge in [0.15, 0.2) is 0 Å². The Morgan fingerprint density at radius 3 is 2.75 bits per heavy atom. The number of rotatable bonds is 4. The molecule has 0 heterocycles. The molecule has 0 unspecified atom stereocenters. The molecule has 0 aliphatic heterocycles. The number of carbonyl (C=O) groups excluding carboxylic acids is 1. The molecule has 0 spiro atoms. The van der Waals surface area contributed by atoms with Crippen LogP contribution >= 0.6 is 34.4 Å². The van der Waals surface area contributed by atoms with Crippen LogP contribution in [0.4, 0.5) is 0 Å². The molecule has 1 aromatic rings. The topological polar surface area (TPSA) is 29.1 Å². The van der Waals surface area contributed by atoms with Crippen molar-refractivity contribution in [1.29, 1.82) is 0 Å². The van der Waals surface area contributed by atoms with E-state index in [1.807, 2.05) is 36.0 Å². The van der Waals surface area contributed by atoms with Gasteiger partial charge in [-0.2, -0.15) is 11.8 Å². The number of benzene rings is 1. The fraction of sp³-hybridized carbons (Fsp3) is 0.417. The van der Waals surface area contributed by atoms with E-state index in [1.54, 1.807) is 0 Å². The normalized spacial score (nSPS) is 16.9. The van der Waals surface area contributed by atoms with Crippen LogP contribution in [0, 0.1) is 3.57 Å². The van der Waals surface area contributed by atoms with Crippen LogP contribution in [0.25, 0.3) is 0 Å². The largest absolute Gasteiger partial charge is 0.351 e. The van der Waals surface area contributed by atoms with Gasteiger partial charge in [0.1, 0.15) is 0 Å². The van der Waals surface area contributed by atoms with Crippen molar-refractivity contribution >= 4 is 40.3 Å². The van der Waals surface area contributed by atoms with E-state index in [0.717, 1.165) is 15.7 Å². The van der Waals surface area contributed by atoms with Gasteiger partial charge in [-0.15, -0.1) is 0 Å². The van der Waals surface area contributed by atoms with Crippen LogP contribution in [0.1, 0.15) is 23.2 Å². The van der Waals surface area contributed by atoms with Gasteiger partial charge in [-0.3, -0.25) is 4.79 Å². The fourth-order valence-electron chi connectivity index (χ4n) is 1.57. The monoisotopic (exact) mass is 347 g/mol. The molecule has 0 atom stereocenters. The molecule has 0 radical (unpaired) electrons. The Bertz CT molecular complexity index is 404. The van der Waals surface area contributed by atoms with Crippen LogP contribution in [0.3, 0.4) is 0 Å². The summed E-state index contributed by atoms with van der Waals surface area (Å²) in [5.74, 6) is 0.0466. The Balaban J connectivity index is 1.96. The zero-order chi connectivity index (χ0) is 11.6. The molecule has 2 rings (SSSR count). The van der Waals surface area contributed by atoms with Gasteiger partial charge in [0.2, 0.25) is 0 Å². The van der Waals surface area contributed by atoms with Crippen molar-refractivity contribution in [2.75, 3.05) is 12.8 Å². The molecule has 1 aliphatic carbocycles. The SMILES string of the molecule is CSC1(CNC(=O)c2ccccc2I)CC1. The Morgan fingerprint density at radius 1 is 1.50 bits per heavy atom. The summed E-state index contributed by atoms with van der Waals surface area (Å²) < 4.78 is 1.34. The van der Waals surface area contributed by atoms with Crippen molar-refractivity contribution in [2.24, 2.45) is 0 Å². The van der Waals surface area contributed by atoms with E-state index in [9.17, 15) is 4.79 Å². The Morgan fingerprint density at radius 2 is 2.19 bits per heavy atom. The van der Waals surface area contributed by atoms with E-state index in [1.165, 1.54) is 12.8 Å². The Labute approximate surface area is 114 Å². The summed E-state index contributed by atoms with van der Waals surface area (Å²) in [6.07, 6.45) is 4.56. The fourth-order valence-corrected chi connectivity index (χ4v) is 2.93. The quantitative estimate of drug-likeness (QED) is 0.849. The number of amides is 1. The Kier molecular flexibility index (Phi) is 3.79. The average Bonchev–Trinajstić information content (AvgIpc) is 3.07. The number of hydrogen-bond acceptors (Lipinski definition) is 2. The van der Waals surface area contributed by atoms with E-state index >= 15 is 0 Å². The number of thioether (sulfide) groups is 1.